The Kier molecular flexibility index (Phi) is 6.72. The molecule has 1 fully saturated rings. The zero-order chi connectivity index (χ0) is 23.2. The van der Waals surface area contributed by atoms with Gasteiger partial charge in [0, 0.05) is 37.9 Å². The third-order valence-corrected chi connectivity index (χ3v) is 5.36. The van der Waals surface area contributed by atoms with Crippen molar-refractivity contribution in [3.63, 3.8) is 0 Å². The van der Waals surface area contributed by atoms with Crippen LogP contribution in [0.2, 0.25) is 0 Å². The Morgan fingerprint density at radius 2 is 1.52 bits per heavy atom. The molecule has 10 heteroatoms. The van der Waals surface area contributed by atoms with E-state index in [1.165, 1.54) is 21.3 Å². The molecule has 0 aliphatic carbocycles. The molecule has 1 saturated heterocycles. The largest absolute Gasteiger partial charge is 0.493 e. The number of hydrogen-bond acceptors (Lipinski definition) is 9. The number of carbonyl (C=O) groups is 1. The molecule has 1 aliphatic rings. The van der Waals surface area contributed by atoms with E-state index in [9.17, 15) is 4.79 Å². The third-order valence-electron chi connectivity index (χ3n) is 5.36. The van der Waals surface area contributed by atoms with Gasteiger partial charge in [-0.1, -0.05) is 6.07 Å². The molecule has 0 atom stereocenters. The number of rotatable bonds is 7. The van der Waals surface area contributed by atoms with Crippen molar-refractivity contribution in [2.75, 3.05) is 62.6 Å². The van der Waals surface area contributed by atoms with Gasteiger partial charge in [-0.2, -0.15) is 0 Å². The first-order valence-corrected chi connectivity index (χ1v) is 10.5. The summed E-state index contributed by atoms with van der Waals surface area (Å²) in [6.45, 7) is 3.24. The number of nitrogens with one attached hydrogen (secondary N) is 1. The van der Waals surface area contributed by atoms with Crippen LogP contribution in [0.4, 0.5) is 17.5 Å². The van der Waals surface area contributed by atoms with Crippen molar-refractivity contribution in [1.82, 2.24) is 15.0 Å². The second-order valence-electron chi connectivity index (χ2n) is 7.30. The highest BCUT2D eigenvalue weighted by molar-refractivity contribution is 6.05. The molecule has 0 unspecified atom stereocenters. The highest BCUT2D eigenvalue weighted by Gasteiger charge is 2.20. The molecule has 1 N–H and O–H groups in total. The van der Waals surface area contributed by atoms with E-state index in [4.69, 9.17) is 14.2 Å². The van der Waals surface area contributed by atoms with Gasteiger partial charge >= 0.3 is 0 Å². The van der Waals surface area contributed by atoms with E-state index in [-0.39, 0.29) is 5.91 Å². The van der Waals surface area contributed by atoms with E-state index >= 15 is 0 Å². The molecule has 2 aromatic heterocycles. The first-order valence-electron chi connectivity index (χ1n) is 10.5. The fourth-order valence-electron chi connectivity index (χ4n) is 3.64. The number of piperazine rings is 1. The van der Waals surface area contributed by atoms with E-state index in [1.807, 2.05) is 18.2 Å². The monoisotopic (exact) mass is 450 g/mol. The molecule has 33 heavy (non-hydrogen) atoms. The van der Waals surface area contributed by atoms with E-state index < -0.39 is 0 Å². The summed E-state index contributed by atoms with van der Waals surface area (Å²) >= 11 is 0. The molecule has 0 spiro atoms. The van der Waals surface area contributed by atoms with Crippen LogP contribution < -0.4 is 29.3 Å². The van der Waals surface area contributed by atoms with Crippen LogP contribution in [0.1, 0.15) is 10.4 Å². The van der Waals surface area contributed by atoms with Gasteiger partial charge in [0.25, 0.3) is 5.91 Å². The van der Waals surface area contributed by atoms with Gasteiger partial charge in [-0.05, 0) is 24.3 Å². The Bertz CT molecular complexity index is 1060. The van der Waals surface area contributed by atoms with Gasteiger partial charge in [-0.3, -0.25) is 4.79 Å². The molecule has 0 radical (unpaired) electrons. The van der Waals surface area contributed by atoms with E-state index in [1.54, 1.807) is 30.7 Å². The quantitative estimate of drug-likeness (QED) is 0.582. The number of methoxy groups -OCH3 is 3. The highest BCUT2D eigenvalue weighted by atomic mass is 16.5. The topological polar surface area (TPSA) is 102 Å². The van der Waals surface area contributed by atoms with Crippen molar-refractivity contribution in [1.29, 1.82) is 0 Å². The van der Waals surface area contributed by atoms with Crippen LogP contribution >= 0.6 is 0 Å². The van der Waals surface area contributed by atoms with Gasteiger partial charge in [0.05, 0.1) is 39.4 Å². The van der Waals surface area contributed by atoms with Crippen LogP contribution in [0, 0.1) is 0 Å². The minimum absolute atomic E-state index is 0.338. The van der Waals surface area contributed by atoms with Crippen molar-refractivity contribution in [3.05, 3.63) is 54.5 Å². The van der Waals surface area contributed by atoms with Crippen molar-refractivity contribution < 1.29 is 19.0 Å². The summed E-state index contributed by atoms with van der Waals surface area (Å²) in [6.07, 6.45) is 5.00. The Balaban J connectivity index is 1.39. The summed E-state index contributed by atoms with van der Waals surface area (Å²) in [5.74, 6) is 2.49. The Labute approximate surface area is 192 Å². The number of pyridine rings is 1. The smallest absolute Gasteiger partial charge is 0.256 e. The van der Waals surface area contributed by atoms with Crippen LogP contribution in [0.25, 0.3) is 0 Å². The SMILES string of the molecule is COc1cc(C(=O)Nc2cnc(N3CCN(c4ccccn4)CC3)nc2)cc(OC)c1OC. The molecule has 1 aliphatic heterocycles. The first-order chi connectivity index (χ1) is 16.1. The zero-order valence-corrected chi connectivity index (χ0v) is 18.8. The predicted molar refractivity (Wildman–Crippen MR) is 125 cm³/mol. The van der Waals surface area contributed by atoms with Gasteiger partial charge in [0.15, 0.2) is 11.5 Å². The van der Waals surface area contributed by atoms with Crippen molar-refractivity contribution in [2.45, 2.75) is 0 Å². The molecule has 0 bridgehead atoms. The van der Waals surface area contributed by atoms with Gasteiger partial charge in [0.1, 0.15) is 5.82 Å². The summed E-state index contributed by atoms with van der Waals surface area (Å²) in [4.78, 5) is 30.4. The Morgan fingerprint density at radius 1 is 0.879 bits per heavy atom. The van der Waals surface area contributed by atoms with Crippen molar-refractivity contribution >= 4 is 23.4 Å². The minimum Gasteiger partial charge on any atom is -0.493 e. The fraction of sp³-hybridized carbons (Fsp3) is 0.304. The predicted octanol–water partition coefficient (Wildman–Crippen LogP) is 2.48. The number of ether oxygens (including phenoxy) is 3. The summed E-state index contributed by atoms with van der Waals surface area (Å²) in [5, 5.41) is 2.81. The molecular weight excluding hydrogens is 424 g/mol. The number of amides is 1. The van der Waals surface area contributed by atoms with E-state index in [0.29, 0.717) is 34.4 Å². The number of carbonyl (C=O) groups excluding carboxylic acids is 1. The number of hydrogen-bond donors (Lipinski definition) is 1. The van der Waals surface area contributed by atoms with Gasteiger partial charge < -0.3 is 29.3 Å². The third kappa shape index (κ3) is 4.89. The summed E-state index contributed by atoms with van der Waals surface area (Å²) in [6, 6.07) is 9.09. The molecule has 4 rings (SSSR count). The van der Waals surface area contributed by atoms with Crippen LogP contribution in [-0.2, 0) is 0 Å². The fourth-order valence-corrected chi connectivity index (χ4v) is 3.64. The van der Waals surface area contributed by atoms with Crippen molar-refractivity contribution in [2.24, 2.45) is 0 Å². The lowest BCUT2D eigenvalue weighted by molar-refractivity contribution is 0.102. The second kappa shape index (κ2) is 10.0. The first kappa shape index (κ1) is 22.1. The number of nitrogens with zero attached hydrogens (tertiary/aromatic N) is 5. The molecule has 3 heterocycles. The number of aromatic nitrogens is 3. The minimum atomic E-state index is -0.338. The lowest BCUT2D eigenvalue weighted by Gasteiger charge is -2.35. The van der Waals surface area contributed by atoms with Gasteiger partial charge in [-0.15, -0.1) is 0 Å². The molecule has 1 amide bonds. The van der Waals surface area contributed by atoms with Crippen LogP contribution in [0.3, 0.4) is 0 Å². The summed E-state index contributed by atoms with van der Waals surface area (Å²) < 4.78 is 15.9. The maximum Gasteiger partial charge on any atom is 0.256 e. The summed E-state index contributed by atoms with van der Waals surface area (Å²) in [7, 11) is 4.51. The molecular formula is C23H26N6O4. The molecule has 3 aromatic rings. The maximum atomic E-state index is 12.8. The standard InChI is InChI=1S/C23H26N6O4/c1-31-18-12-16(13-19(32-2)21(18)33-3)22(30)27-17-14-25-23(26-15-17)29-10-8-28(9-11-29)20-6-4-5-7-24-20/h4-7,12-15H,8-11H2,1-3H3,(H,27,30). The number of benzene rings is 1. The Morgan fingerprint density at radius 3 is 2.06 bits per heavy atom. The lowest BCUT2D eigenvalue weighted by Crippen LogP contribution is -2.47. The molecule has 1 aromatic carbocycles. The number of anilines is 3. The van der Waals surface area contributed by atoms with E-state index in [0.717, 1.165) is 32.0 Å². The van der Waals surface area contributed by atoms with Crippen molar-refractivity contribution in [3.8, 4) is 17.2 Å². The van der Waals surface area contributed by atoms with Gasteiger partial charge in [0.2, 0.25) is 11.7 Å². The molecule has 10 nitrogen and oxygen atoms in total. The molecule has 0 saturated carbocycles. The van der Waals surface area contributed by atoms with Gasteiger partial charge in [-0.25, -0.2) is 15.0 Å². The van der Waals surface area contributed by atoms with Crippen LogP contribution in [0.5, 0.6) is 17.2 Å². The van der Waals surface area contributed by atoms with E-state index in [2.05, 4.69) is 30.1 Å². The average Bonchev–Trinajstić information content (AvgIpc) is 2.88. The molecule has 172 valence electrons. The highest BCUT2D eigenvalue weighted by Crippen LogP contribution is 2.38. The summed E-state index contributed by atoms with van der Waals surface area (Å²) in [5.41, 5.74) is 0.851. The second-order valence-corrected chi connectivity index (χ2v) is 7.30. The maximum absolute atomic E-state index is 12.8. The lowest BCUT2D eigenvalue weighted by atomic mass is 10.1. The zero-order valence-electron chi connectivity index (χ0n) is 18.8. The normalized spacial score (nSPS) is 13.4. The van der Waals surface area contributed by atoms with Crippen LogP contribution in [0.15, 0.2) is 48.9 Å². The Hall–Kier alpha value is -4.08. The average molecular weight is 450 g/mol. The van der Waals surface area contributed by atoms with Crippen LogP contribution in [-0.4, -0.2) is 68.4 Å².